The molecule has 0 N–H and O–H groups in total. The van der Waals surface area contributed by atoms with Gasteiger partial charge in [0.2, 0.25) is 0 Å². The molecule has 1 heterocycles. The standard InChI is InChI=1S/C6H5Cl.C6H4F3N/c7-6-4-2-1-3-5-6;7-6(8,9)5-3-1-2-4-10-5/h1-5H;1-4H. The third kappa shape index (κ3) is 5.36. The second-order valence-corrected chi connectivity index (χ2v) is 3.44. The maximum absolute atomic E-state index is 11.7. The lowest BCUT2D eigenvalue weighted by molar-refractivity contribution is -0.141. The van der Waals surface area contributed by atoms with Crippen LogP contribution in [-0.4, -0.2) is 4.98 Å². The van der Waals surface area contributed by atoms with E-state index in [2.05, 4.69) is 4.98 Å². The van der Waals surface area contributed by atoms with E-state index in [1.165, 1.54) is 12.1 Å². The minimum atomic E-state index is -4.32. The van der Waals surface area contributed by atoms with Crippen molar-refractivity contribution in [2.24, 2.45) is 0 Å². The van der Waals surface area contributed by atoms with Crippen molar-refractivity contribution in [2.45, 2.75) is 6.18 Å². The predicted molar refractivity (Wildman–Crippen MR) is 60.7 cm³/mol. The Labute approximate surface area is 102 Å². The molecule has 0 unspecified atom stereocenters. The molecule has 90 valence electrons. The van der Waals surface area contributed by atoms with Crippen LogP contribution in [0, 0.1) is 0 Å². The van der Waals surface area contributed by atoms with Gasteiger partial charge in [0.15, 0.2) is 0 Å². The lowest BCUT2D eigenvalue weighted by atomic mass is 10.3. The van der Waals surface area contributed by atoms with Gasteiger partial charge in [-0.05, 0) is 24.3 Å². The van der Waals surface area contributed by atoms with Crippen molar-refractivity contribution in [3.63, 3.8) is 0 Å². The molecular formula is C12H9ClF3N. The zero-order valence-corrected chi connectivity index (χ0v) is 9.41. The van der Waals surface area contributed by atoms with Gasteiger partial charge in [0.25, 0.3) is 0 Å². The predicted octanol–water partition coefficient (Wildman–Crippen LogP) is 4.44. The molecule has 0 amide bonds. The van der Waals surface area contributed by atoms with Gasteiger partial charge in [-0.25, -0.2) is 0 Å². The summed E-state index contributed by atoms with van der Waals surface area (Å²) in [6.07, 6.45) is -3.20. The first-order chi connectivity index (χ1) is 8.00. The van der Waals surface area contributed by atoms with E-state index in [9.17, 15) is 13.2 Å². The van der Waals surface area contributed by atoms with E-state index < -0.39 is 11.9 Å². The quantitative estimate of drug-likeness (QED) is 0.682. The number of pyridine rings is 1. The molecule has 0 saturated heterocycles. The number of alkyl halides is 3. The lowest BCUT2D eigenvalue weighted by Crippen LogP contribution is -2.06. The smallest absolute Gasteiger partial charge is 0.252 e. The topological polar surface area (TPSA) is 12.9 Å². The average molecular weight is 260 g/mol. The summed E-state index contributed by atoms with van der Waals surface area (Å²) in [5.74, 6) is 0. The molecule has 2 aromatic rings. The summed E-state index contributed by atoms with van der Waals surface area (Å²) in [5.41, 5.74) is -0.852. The van der Waals surface area contributed by atoms with Gasteiger partial charge >= 0.3 is 6.18 Å². The summed E-state index contributed by atoms with van der Waals surface area (Å²) in [5, 5.41) is 0.794. The van der Waals surface area contributed by atoms with Crippen LogP contribution in [0.25, 0.3) is 0 Å². The molecule has 2 rings (SSSR count). The normalized spacial score (nSPS) is 10.4. The molecule has 5 heteroatoms. The fourth-order valence-corrected chi connectivity index (χ4v) is 1.09. The second-order valence-electron chi connectivity index (χ2n) is 3.01. The summed E-state index contributed by atoms with van der Waals surface area (Å²) in [7, 11) is 0. The Hall–Kier alpha value is -1.55. The summed E-state index contributed by atoms with van der Waals surface area (Å²) in [6.45, 7) is 0. The highest BCUT2D eigenvalue weighted by atomic mass is 35.5. The van der Waals surface area contributed by atoms with Crippen molar-refractivity contribution in [1.82, 2.24) is 4.98 Å². The lowest BCUT2D eigenvalue weighted by Gasteiger charge is -2.02. The van der Waals surface area contributed by atoms with Crippen LogP contribution < -0.4 is 0 Å². The van der Waals surface area contributed by atoms with Crippen LogP contribution in [0.4, 0.5) is 13.2 Å². The van der Waals surface area contributed by atoms with Crippen LogP contribution in [-0.2, 0) is 6.18 Å². The largest absolute Gasteiger partial charge is 0.433 e. The Kier molecular flexibility index (Phi) is 4.97. The first kappa shape index (κ1) is 13.5. The van der Waals surface area contributed by atoms with Crippen molar-refractivity contribution >= 4 is 11.6 Å². The van der Waals surface area contributed by atoms with Crippen LogP contribution in [0.5, 0.6) is 0 Å². The fraction of sp³-hybridized carbons (Fsp3) is 0.0833. The monoisotopic (exact) mass is 259 g/mol. The molecule has 0 bridgehead atoms. The SMILES string of the molecule is Clc1ccccc1.FC(F)(F)c1ccccn1. The van der Waals surface area contributed by atoms with Crippen LogP contribution >= 0.6 is 11.6 Å². The molecular weight excluding hydrogens is 251 g/mol. The minimum absolute atomic E-state index is 0.794. The first-order valence-electron chi connectivity index (χ1n) is 4.69. The van der Waals surface area contributed by atoms with Crippen molar-refractivity contribution < 1.29 is 13.2 Å². The Balaban J connectivity index is 0.000000181. The van der Waals surface area contributed by atoms with E-state index in [0.29, 0.717) is 0 Å². The molecule has 1 aromatic carbocycles. The van der Waals surface area contributed by atoms with Gasteiger partial charge in [0.05, 0.1) is 0 Å². The molecule has 0 aliphatic heterocycles. The third-order valence-electron chi connectivity index (χ3n) is 1.69. The third-order valence-corrected chi connectivity index (χ3v) is 1.94. The number of nitrogens with zero attached hydrogens (tertiary/aromatic N) is 1. The Bertz CT molecular complexity index is 429. The van der Waals surface area contributed by atoms with Gasteiger partial charge in [-0.1, -0.05) is 35.9 Å². The zero-order chi connectivity index (χ0) is 12.7. The van der Waals surface area contributed by atoms with Crippen molar-refractivity contribution in [2.75, 3.05) is 0 Å². The number of benzene rings is 1. The molecule has 0 fully saturated rings. The minimum Gasteiger partial charge on any atom is -0.252 e. The van der Waals surface area contributed by atoms with Crippen molar-refractivity contribution in [3.05, 3.63) is 65.4 Å². The molecule has 0 atom stereocenters. The summed E-state index contributed by atoms with van der Waals surface area (Å²) < 4.78 is 35.2. The zero-order valence-electron chi connectivity index (χ0n) is 8.66. The molecule has 0 spiro atoms. The number of aromatic nitrogens is 1. The molecule has 17 heavy (non-hydrogen) atoms. The van der Waals surface area contributed by atoms with E-state index in [-0.39, 0.29) is 0 Å². The van der Waals surface area contributed by atoms with Crippen molar-refractivity contribution in [1.29, 1.82) is 0 Å². The molecule has 0 radical (unpaired) electrons. The van der Waals surface area contributed by atoms with Crippen LogP contribution in [0.2, 0.25) is 5.02 Å². The van der Waals surface area contributed by atoms with Gasteiger partial charge in [0.1, 0.15) is 5.69 Å². The van der Waals surface area contributed by atoms with Gasteiger partial charge in [0, 0.05) is 11.2 Å². The Morgan fingerprint density at radius 3 is 1.76 bits per heavy atom. The number of rotatable bonds is 0. The molecule has 1 aromatic heterocycles. The highest BCUT2D eigenvalue weighted by Gasteiger charge is 2.31. The average Bonchev–Trinajstić information content (AvgIpc) is 2.31. The fourth-order valence-electron chi connectivity index (χ4n) is 0.945. The highest BCUT2D eigenvalue weighted by molar-refractivity contribution is 6.30. The molecule has 0 saturated carbocycles. The van der Waals surface area contributed by atoms with Gasteiger partial charge in [-0.2, -0.15) is 13.2 Å². The summed E-state index contributed by atoms with van der Waals surface area (Å²) in [4.78, 5) is 3.12. The second kappa shape index (κ2) is 6.25. The van der Waals surface area contributed by atoms with E-state index in [4.69, 9.17) is 11.6 Å². The van der Waals surface area contributed by atoms with Gasteiger partial charge < -0.3 is 0 Å². The number of halogens is 4. The first-order valence-corrected chi connectivity index (χ1v) is 5.07. The van der Waals surface area contributed by atoms with Gasteiger partial charge in [-0.3, -0.25) is 4.98 Å². The molecule has 0 aliphatic carbocycles. The van der Waals surface area contributed by atoms with Gasteiger partial charge in [-0.15, -0.1) is 0 Å². The van der Waals surface area contributed by atoms with Crippen LogP contribution in [0.3, 0.4) is 0 Å². The van der Waals surface area contributed by atoms with Crippen LogP contribution in [0.15, 0.2) is 54.7 Å². The van der Waals surface area contributed by atoms with E-state index >= 15 is 0 Å². The molecule has 0 aliphatic rings. The van der Waals surface area contributed by atoms with E-state index in [1.54, 1.807) is 0 Å². The Morgan fingerprint density at radius 1 is 0.882 bits per heavy atom. The maximum Gasteiger partial charge on any atom is 0.433 e. The highest BCUT2D eigenvalue weighted by Crippen LogP contribution is 2.26. The van der Waals surface area contributed by atoms with E-state index in [0.717, 1.165) is 17.3 Å². The number of hydrogen-bond donors (Lipinski definition) is 0. The molecule has 1 nitrogen and oxygen atoms in total. The maximum atomic E-state index is 11.7. The van der Waals surface area contributed by atoms with Crippen LogP contribution in [0.1, 0.15) is 5.69 Å². The van der Waals surface area contributed by atoms with Crippen molar-refractivity contribution in [3.8, 4) is 0 Å². The van der Waals surface area contributed by atoms with E-state index in [1.807, 2.05) is 30.3 Å². The Morgan fingerprint density at radius 2 is 1.47 bits per heavy atom. The summed E-state index contributed by atoms with van der Waals surface area (Å²) in [6, 6.07) is 13.1. The number of hydrogen-bond acceptors (Lipinski definition) is 1. The summed E-state index contributed by atoms with van der Waals surface area (Å²) >= 11 is 5.54.